The van der Waals surface area contributed by atoms with Crippen LogP contribution in [-0.4, -0.2) is 37.8 Å². The van der Waals surface area contributed by atoms with Gasteiger partial charge in [-0.25, -0.2) is 9.48 Å². The summed E-state index contributed by atoms with van der Waals surface area (Å²) < 4.78 is 11.9. The fraction of sp³-hybridized carbons (Fsp3) is 0.583. The number of carbonyl (C=O) groups excluding carboxylic acids is 1. The predicted molar refractivity (Wildman–Crippen MR) is 68.2 cm³/mol. The number of hydrogen-bond acceptors (Lipinski definition) is 7. The van der Waals surface area contributed by atoms with Gasteiger partial charge in [0.25, 0.3) is 0 Å². The Morgan fingerprint density at radius 3 is 2.65 bits per heavy atom. The van der Waals surface area contributed by atoms with Crippen LogP contribution in [0, 0.1) is 6.92 Å². The molecule has 108 valence electrons. The molecular weight excluding hydrogens is 262 g/mol. The molecule has 2 aromatic rings. The van der Waals surface area contributed by atoms with E-state index in [4.69, 9.17) is 9.15 Å². The first kappa shape index (κ1) is 14.2. The lowest BCUT2D eigenvalue weighted by Crippen LogP contribution is -2.13. The summed E-state index contributed by atoms with van der Waals surface area (Å²) >= 11 is 0. The van der Waals surface area contributed by atoms with Crippen molar-refractivity contribution in [2.75, 3.05) is 6.61 Å². The second-order valence-corrected chi connectivity index (χ2v) is 4.57. The third-order valence-corrected chi connectivity index (χ3v) is 2.64. The van der Waals surface area contributed by atoms with Gasteiger partial charge in [-0.15, -0.1) is 15.3 Å². The molecule has 0 fully saturated rings. The lowest BCUT2D eigenvalue weighted by Gasteiger charge is -2.09. The molecule has 0 amide bonds. The maximum absolute atomic E-state index is 11.9. The highest BCUT2D eigenvalue weighted by molar-refractivity contribution is 5.88. The Bertz CT molecular complexity index is 602. The molecule has 0 aliphatic heterocycles. The number of carbonyl (C=O) groups is 1. The Kier molecular flexibility index (Phi) is 4.11. The molecule has 2 rings (SSSR count). The maximum Gasteiger partial charge on any atom is 0.360 e. The third kappa shape index (κ3) is 2.84. The molecule has 0 aliphatic carbocycles. The molecule has 0 unspecified atom stereocenters. The summed E-state index contributed by atoms with van der Waals surface area (Å²) in [6.45, 7) is 7.95. The Morgan fingerprint density at radius 2 is 2.10 bits per heavy atom. The monoisotopic (exact) mass is 279 g/mol. The standard InChI is InChI=1S/C12H17N5O3/c1-5-19-12(18)10-11(7(2)3)17(16-15-10)6-9-14-13-8(4)20-9/h7H,5-6H2,1-4H3. The van der Waals surface area contributed by atoms with E-state index in [9.17, 15) is 4.79 Å². The van der Waals surface area contributed by atoms with Gasteiger partial charge < -0.3 is 9.15 Å². The molecule has 0 saturated heterocycles. The molecule has 0 N–H and O–H groups in total. The van der Waals surface area contributed by atoms with Gasteiger partial charge in [-0.3, -0.25) is 0 Å². The largest absolute Gasteiger partial charge is 0.461 e. The predicted octanol–water partition coefficient (Wildman–Crippen LogP) is 1.32. The second kappa shape index (κ2) is 5.81. The molecule has 0 atom stereocenters. The van der Waals surface area contributed by atoms with Gasteiger partial charge in [-0.1, -0.05) is 19.1 Å². The number of ether oxygens (including phenoxy) is 1. The van der Waals surface area contributed by atoms with E-state index in [2.05, 4.69) is 20.5 Å². The fourth-order valence-electron chi connectivity index (χ4n) is 1.88. The van der Waals surface area contributed by atoms with E-state index >= 15 is 0 Å². The van der Waals surface area contributed by atoms with Gasteiger partial charge in [0, 0.05) is 6.92 Å². The molecule has 2 heterocycles. The maximum atomic E-state index is 11.9. The average molecular weight is 279 g/mol. The summed E-state index contributed by atoms with van der Waals surface area (Å²) in [5.41, 5.74) is 0.928. The second-order valence-electron chi connectivity index (χ2n) is 4.57. The first-order valence-corrected chi connectivity index (χ1v) is 6.42. The van der Waals surface area contributed by atoms with E-state index in [1.165, 1.54) is 0 Å². The van der Waals surface area contributed by atoms with Crippen molar-refractivity contribution < 1.29 is 13.9 Å². The summed E-state index contributed by atoms with van der Waals surface area (Å²) in [4.78, 5) is 11.9. The first-order chi connectivity index (χ1) is 9.52. The molecule has 20 heavy (non-hydrogen) atoms. The van der Waals surface area contributed by atoms with Crippen molar-refractivity contribution in [3.05, 3.63) is 23.2 Å². The smallest absolute Gasteiger partial charge is 0.360 e. The number of hydrogen-bond donors (Lipinski definition) is 0. The minimum absolute atomic E-state index is 0.0634. The van der Waals surface area contributed by atoms with E-state index in [1.807, 2.05) is 13.8 Å². The number of rotatable bonds is 5. The molecule has 0 aromatic carbocycles. The van der Waals surface area contributed by atoms with Gasteiger partial charge in [0.05, 0.1) is 12.3 Å². The van der Waals surface area contributed by atoms with Crippen molar-refractivity contribution in [1.29, 1.82) is 0 Å². The van der Waals surface area contributed by atoms with Crippen LogP contribution in [0.5, 0.6) is 0 Å². The topological polar surface area (TPSA) is 95.9 Å². The van der Waals surface area contributed by atoms with E-state index < -0.39 is 5.97 Å². The SMILES string of the molecule is CCOC(=O)c1nnn(Cc2nnc(C)o2)c1C(C)C. The summed E-state index contributed by atoms with van der Waals surface area (Å²) in [7, 11) is 0. The van der Waals surface area contributed by atoms with Crippen molar-refractivity contribution in [3.63, 3.8) is 0 Å². The number of aryl methyl sites for hydroxylation is 1. The third-order valence-electron chi connectivity index (χ3n) is 2.64. The minimum atomic E-state index is -0.468. The average Bonchev–Trinajstić information content (AvgIpc) is 2.96. The lowest BCUT2D eigenvalue weighted by molar-refractivity contribution is 0.0517. The molecule has 8 nitrogen and oxygen atoms in total. The van der Waals surface area contributed by atoms with Crippen LogP contribution in [0.15, 0.2) is 4.42 Å². The van der Waals surface area contributed by atoms with Crippen molar-refractivity contribution in [1.82, 2.24) is 25.2 Å². The zero-order valence-corrected chi connectivity index (χ0v) is 12.0. The van der Waals surface area contributed by atoms with Gasteiger partial charge in [0.2, 0.25) is 11.8 Å². The highest BCUT2D eigenvalue weighted by atomic mass is 16.5. The van der Waals surface area contributed by atoms with Crippen LogP contribution in [-0.2, 0) is 11.3 Å². The molecule has 0 aliphatic rings. The van der Waals surface area contributed by atoms with E-state index in [0.717, 1.165) is 0 Å². The van der Waals surface area contributed by atoms with E-state index in [-0.39, 0.29) is 18.2 Å². The Balaban J connectivity index is 2.31. The van der Waals surface area contributed by atoms with Crippen LogP contribution in [0.1, 0.15) is 54.7 Å². The Hall–Kier alpha value is -2.25. The number of aromatic nitrogens is 5. The van der Waals surface area contributed by atoms with Crippen molar-refractivity contribution in [2.45, 2.75) is 40.2 Å². The van der Waals surface area contributed by atoms with Gasteiger partial charge >= 0.3 is 5.97 Å². The van der Waals surface area contributed by atoms with Gasteiger partial charge in [-0.05, 0) is 12.8 Å². The summed E-state index contributed by atoms with van der Waals surface area (Å²) in [6.07, 6.45) is 0. The Labute approximate surface area is 116 Å². The molecule has 0 saturated carbocycles. The quantitative estimate of drug-likeness (QED) is 0.761. The van der Waals surface area contributed by atoms with E-state index in [1.54, 1.807) is 18.5 Å². The molecule has 0 radical (unpaired) electrons. The van der Waals surface area contributed by atoms with Gasteiger partial charge in [0.1, 0.15) is 6.54 Å². The summed E-state index contributed by atoms with van der Waals surface area (Å²) in [5, 5.41) is 15.6. The lowest BCUT2D eigenvalue weighted by atomic mass is 10.1. The highest BCUT2D eigenvalue weighted by Gasteiger charge is 2.23. The molecular formula is C12H17N5O3. The summed E-state index contributed by atoms with van der Waals surface area (Å²) in [6, 6.07) is 0. The molecule has 0 spiro atoms. The van der Waals surface area contributed by atoms with Crippen LogP contribution in [0.25, 0.3) is 0 Å². The zero-order valence-electron chi connectivity index (χ0n) is 12.0. The van der Waals surface area contributed by atoms with Crippen molar-refractivity contribution >= 4 is 5.97 Å². The zero-order chi connectivity index (χ0) is 14.7. The van der Waals surface area contributed by atoms with Crippen LogP contribution >= 0.6 is 0 Å². The molecule has 0 bridgehead atoms. The van der Waals surface area contributed by atoms with Crippen LogP contribution in [0.2, 0.25) is 0 Å². The molecule has 2 aromatic heterocycles. The fourth-order valence-corrected chi connectivity index (χ4v) is 1.88. The summed E-state index contributed by atoms with van der Waals surface area (Å²) in [5.74, 6) is 0.499. The van der Waals surface area contributed by atoms with Crippen LogP contribution < -0.4 is 0 Å². The van der Waals surface area contributed by atoms with Crippen molar-refractivity contribution in [2.24, 2.45) is 0 Å². The Morgan fingerprint density at radius 1 is 1.35 bits per heavy atom. The number of esters is 1. The van der Waals surface area contributed by atoms with Gasteiger partial charge in [-0.2, -0.15) is 0 Å². The molecule has 8 heteroatoms. The normalized spacial score (nSPS) is 11.1. The van der Waals surface area contributed by atoms with Crippen LogP contribution in [0.4, 0.5) is 0 Å². The highest BCUT2D eigenvalue weighted by Crippen LogP contribution is 2.19. The van der Waals surface area contributed by atoms with Gasteiger partial charge in [0.15, 0.2) is 5.69 Å². The van der Waals surface area contributed by atoms with E-state index in [0.29, 0.717) is 24.1 Å². The van der Waals surface area contributed by atoms with Crippen molar-refractivity contribution in [3.8, 4) is 0 Å². The minimum Gasteiger partial charge on any atom is -0.461 e. The first-order valence-electron chi connectivity index (χ1n) is 6.42. The number of nitrogens with zero attached hydrogens (tertiary/aromatic N) is 5. The van der Waals surface area contributed by atoms with Crippen LogP contribution in [0.3, 0.4) is 0 Å².